The summed E-state index contributed by atoms with van der Waals surface area (Å²) in [6, 6.07) is 2.79. The molecule has 63 heavy (non-hydrogen) atoms. The molecule has 1 aromatic rings. The molecule has 0 saturated heterocycles. The number of alkyl carbamates (subject to hydrolysis) is 1. The number of hydrogen-bond donors (Lipinski definition) is 5. The van der Waals surface area contributed by atoms with Gasteiger partial charge in [-0.25, -0.2) is 4.79 Å². The Morgan fingerprint density at radius 1 is 0.651 bits per heavy atom. The second kappa shape index (κ2) is 23.1. The number of benzene rings is 1. The molecule has 0 unspecified atom stereocenters. The van der Waals surface area contributed by atoms with Gasteiger partial charge in [0.15, 0.2) is 0 Å². The van der Waals surface area contributed by atoms with E-state index < -0.39 is 101 Å². The molecule has 0 heterocycles. The van der Waals surface area contributed by atoms with Gasteiger partial charge in [0, 0.05) is 6.42 Å². The van der Waals surface area contributed by atoms with Gasteiger partial charge in [0.05, 0.1) is 0 Å². The summed E-state index contributed by atoms with van der Waals surface area (Å²) >= 11 is -2.93. The van der Waals surface area contributed by atoms with Gasteiger partial charge in [0.2, 0.25) is 0 Å². The molecule has 4 amide bonds. The third-order valence-electron chi connectivity index (χ3n) is 8.05. The Labute approximate surface area is 379 Å². The molecular weight excluding hydrogens is 919 g/mol. The maximum atomic E-state index is 13.4. The molecule has 0 aliphatic carbocycles. The number of nitrogens with one attached hydrogen (secondary N) is 5. The minimum absolute atomic E-state index is 0.0256. The summed E-state index contributed by atoms with van der Waals surface area (Å²) in [7, 11) is 0. The van der Waals surface area contributed by atoms with Crippen molar-refractivity contribution in [2.24, 2.45) is 0 Å². The van der Waals surface area contributed by atoms with Crippen molar-refractivity contribution in [1.29, 1.82) is 5.41 Å². The first-order valence-electron chi connectivity index (χ1n) is 21.5. The Kier molecular flexibility index (Phi) is 20.8. The summed E-state index contributed by atoms with van der Waals surface area (Å²) in [5.41, 5.74) is -2.44. The van der Waals surface area contributed by atoms with Crippen LogP contribution in [0.25, 0.3) is 0 Å². The van der Waals surface area contributed by atoms with Crippen molar-refractivity contribution in [2.45, 2.75) is 197 Å². The fourth-order valence-electron chi connectivity index (χ4n) is 5.68. The van der Waals surface area contributed by atoms with Crippen molar-refractivity contribution in [3.8, 4) is 0 Å². The zero-order chi connectivity index (χ0) is 48.9. The molecule has 5 N–H and O–H groups in total. The number of esters is 3. The Morgan fingerprint density at radius 2 is 1.13 bits per heavy atom. The summed E-state index contributed by atoms with van der Waals surface area (Å²) in [5.74, 6) is -2.39. The number of nitrogens with zero attached hydrogens (tertiary/aromatic N) is 1. The predicted octanol–water partition coefficient (Wildman–Crippen LogP) is 7.85. The molecule has 0 saturated carbocycles. The van der Waals surface area contributed by atoms with Crippen LogP contribution in [-0.4, -0.2) is 112 Å². The number of urea groups is 1. The monoisotopic (exact) mass is 998 g/mol. The smallest absolute Gasteiger partial charge is 0.458 e. The number of carbonyl (C=O) groups excluding carboxylic acids is 6. The summed E-state index contributed by atoms with van der Waals surface area (Å²) in [5, 5.41) is 19.7. The van der Waals surface area contributed by atoms with E-state index in [1.807, 2.05) is 12.1 Å². The van der Waals surface area contributed by atoms with Crippen molar-refractivity contribution >= 4 is 69.7 Å². The topological polar surface area (TPSA) is 224 Å². The number of anilines is 1. The molecule has 0 radical (unpaired) electrons. The second-order valence-corrected chi connectivity index (χ2v) is 35.9. The first-order chi connectivity index (χ1) is 28.3. The van der Waals surface area contributed by atoms with Gasteiger partial charge in [0.1, 0.15) is 17.2 Å². The van der Waals surface area contributed by atoms with Crippen LogP contribution in [0.1, 0.15) is 142 Å². The first-order valence-corrected chi connectivity index (χ1v) is 31.5. The van der Waals surface area contributed by atoms with E-state index in [4.69, 9.17) is 29.1 Å². The number of carbonyl (C=O) groups is 6. The van der Waals surface area contributed by atoms with E-state index in [-0.39, 0.29) is 25.8 Å². The number of hydrogen-bond acceptors (Lipinski definition) is 13. The Bertz CT molecular complexity index is 1760. The normalized spacial score (nSPS) is 13.4. The number of rotatable bonds is 16. The van der Waals surface area contributed by atoms with Crippen LogP contribution < -0.4 is 24.8 Å². The molecule has 2 atom stereocenters. The van der Waals surface area contributed by atoms with Gasteiger partial charge in [-0.2, -0.15) is 0 Å². The minimum atomic E-state index is -2.93. The first kappa shape index (κ1) is 56.7. The zero-order valence-corrected chi connectivity index (χ0v) is 44.1. The minimum Gasteiger partial charge on any atom is -0.458 e. The molecule has 1 aromatic carbocycles. The van der Waals surface area contributed by atoms with Crippen LogP contribution in [0.2, 0.25) is 14.8 Å². The summed E-state index contributed by atoms with van der Waals surface area (Å²) in [6.45, 7) is 26.2. The van der Waals surface area contributed by atoms with Crippen LogP contribution in [-0.2, 0) is 44.6 Å². The zero-order valence-electron chi connectivity index (χ0n) is 41.3. The van der Waals surface area contributed by atoms with Gasteiger partial charge >= 0.3 is 270 Å². The van der Waals surface area contributed by atoms with Crippen molar-refractivity contribution < 1.29 is 52.5 Å². The SMILES string of the molecule is CC(C)(C)OC(=O)CC[C@H](NC(=O)N[C@@H](CCCCNc1ccc(CN(C(=N)NC(=O)OC(C)(C)C)C(=O)OC(C)(C)C)[c]([Sn]([CH3])([CH3])[CH3])c1)C(=O)OC(C)(C)C)C(=O)OC(C)(C)C. The fourth-order valence-corrected chi connectivity index (χ4v) is 10.6. The molecule has 0 bridgehead atoms. The van der Waals surface area contributed by atoms with Gasteiger partial charge < -0.3 is 9.47 Å². The van der Waals surface area contributed by atoms with Crippen LogP contribution in [0.15, 0.2) is 18.2 Å². The summed E-state index contributed by atoms with van der Waals surface area (Å²) in [4.78, 5) is 86.0. The standard InChI is InChI=1S/C42H69N6O11.3CH3.Sn/c1-38(2,3)55-31(49)24-23-30(33(51)57-40(7,8)9)46-35(52)45-29(32(50)56-39(4,5)6)18-16-17-25-44-28-21-19-27(20-22-28)26-48(37(54)59-42(13,14)15)34(43)47-36(53)58-41(10,11)12;;;;/h19,21-22,29-30,44H,16-18,23-26H2,1-15H3,(H2,43,47,53)(H2,45,46,52);3*1H3;/t29-,30-;;;;/m0..../s1. The molecule has 1 rings (SSSR count). The molecule has 0 spiro atoms. The van der Waals surface area contributed by atoms with Gasteiger partial charge in [-0.1, -0.05) is 0 Å². The Morgan fingerprint density at radius 3 is 1.59 bits per heavy atom. The third-order valence-corrected chi connectivity index (χ3v) is 14.0. The van der Waals surface area contributed by atoms with E-state index in [9.17, 15) is 28.8 Å². The maximum absolute atomic E-state index is 13.4. The van der Waals surface area contributed by atoms with E-state index in [1.165, 1.54) is 0 Å². The summed E-state index contributed by atoms with van der Waals surface area (Å²) < 4.78 is 28.5. The molecular formula is C45H78N6O11Sn. The van der Waals surface area contributed by atoms with E-state index in [2.05, 4.69) is 42.2 Å². The second-order valence-electron chi connectivity index (χ2n) is 21.5. The van der Waals surface area contributed by atoms with Gasteiger partial charge in [-0.05, 0) is 68.7 Å². The van der Waals surface area contributed by atoms with E-state index in [0.717, 1.165) is 19.7 Å². The van der Waals surface area contributed by atoms with Crippen LogP contribution in [0.5, 0.6) is 0 Å². The Hall–Kier alpha value is -4.29. The van der Waals surface area contributed by atoms with Gasteiger partial charge in [-0.3, -0.25) is 4.79 Å². The average Bonchev–Trinajstić information content (AvgIpc) is 3.04. The van der Waals surface area contributed by atoms with Crippen molar-refractivity contribution in [3.63, 3.8) is 0 Å². The van der Waals surface area contributed by atoms with Crippen LogP contribution in [0, 0.1) is 5.41 Å². The van der Waals surface area contributed by atoms with Gasteiger partial charge in [-0.15, -0.1) is 0 Å². The number of guanidine groups is 1. The van der Waals surface area contributed by atoms with E-state index in [0.29, 0.717) is 19.4 Å². The fraction of sp³-hybridized carbons (Fsp3) is 0.711. The van der Waals surface area contributed by atoms with Crippen LogP contribution in [0.3, 0.4) is 0 Å². The predicted molar refractivity (Wildman–Crippen MR) is 247 cm³/mol. The molecule has 358 valence electrons. The van der Waals surface area contributed by atoms with Gasteiger partial charge in [0.25, 0.3) is 0 Å². The molecule has 18 heteroatoms. The van der Waals surface area contributed by atoms with E-state index >= 15 is 0 Å². The average molecular weight is 998 g/mol. The molecule has 0 aliphatic heterocycles. The number of ether oxygens (including phenoxy) is 5. The summed E-state index contributed by atoms with van der Waals surface area (Å²) in [6.07, 6.45) is -0.564. The van der Waals surface area contributed by atoms with E-state index in [1.54, 1.807) is 104 Å². The van der Waals surface area contributed by atoms with Crippen molar-refractivity contribution in [1.82, 2.24) is 20.9 Å². The van der Waals surface area contributed by atoms with Crippen molar-refractivity contribution in [2.75, 3.05) is 11.9 Å². The molecule has 0 fully saturated rings. The third kappa shape index (κ3) is 25.0. The van der Waals surface area contributed by atoms with Crippen LogP contribution >= 0.6 is 0 Å². The number of unbranched alkanes of at least 4 members (excludes halogenated alkanes) is 1. The number of amides is 4. The molecule has 0 aromatic heterocycles. The molecule has 17 nitrogen and oxygen atoms in total. The quantitative estimate of drug-likeness (QED) is 0.0267. The molecule has 0 aliphatic rings. The Balaban J connectivity index is 3.20. The van der Waals surface area contributed by atoms with Crippen molar-refractivity contribution in [3.05, 3.63) is 23.8 Å². The van der Waals surface area contributed by atoms with Crippen LogP contribution in [0.4, 0.5) is 20.1 Å².